The highest BCUT2D eigenvalue weighted by atomic mass is 28.3. The van der Waals surface area contributed by atoms with Crippen LogP contribution in [0.3, 0.4) is 0 Å². The Morgan fingerprint density at radius 2 is 2.00 bits per heavy atom. The molecule has 6 nitrogen and oxygen atoms in total. The number of benzene rings is 1. The molecule has 0 amide bonds. The van der Waals surface area contributed by atoms with Crippen molar-refractivity contribution in [2.75, 3.05) is 0 Å². The van der Waals surface area contributed by atoms with Gasteiger partial charge in [-0.05, 0) is 35.4 Å². The van der Waals surface area contributed by atoms with Crippen molar-refractivity contribution in [1.82, 2.24) is 9.55 Å². The number of esters is 1. The van der Waals surface area contributed by atoms with Gasteiger partial charge in [-0.2, -0.15) is 0 Å². The number of pyridine rings is 2. The molecule has 1 N–H and O–H groups in total. The second kappa shape index (κ2) is 6.33. The van der Waals surface area contributed by atoms with Crippen LogP contribution < -0.4 is 10.7 Å². The minimum atomic E-state index is -2.04. The first-order valence-corrected chi connectivity index (χ1v) is 13.9. The molecule has 8 heteroatoms. The molecule has 0 aliphatic carbocycles. The summed E-state index contributed by atoms with van der Waals surface area (Å²) in [5.74, 6) is -1.06. The molecule has 0 saturated carbocycles. The van der Waals surface area contributed by atoms with E-state index in [4.69, 9.17) is 9.72 Å². The van der Waals surface area contributed by atoms with Gasteiger partial charge in [0.15, 0.2) is 5.60 Å². The molecule has 2 aliphatic heterocycles. The smallest absolute Gasteiger partial charge is 0.343 e. The Hall–Kier alpha value is -2.84. The highest BCUT2D eigenvalue weighted by Crippen LogP contribution is 2.39. The molecule has 0 saturated heterocycles. The number of halogens is 1. The van der Waals surface area contributed by atoms with Crippen LogP contribution >= 0.6 is 0 Å². The van der Waals surface area contributed by atoms with Gasteiger partial charge in [-0.3, -0.25) is 4.79 Å². The fourth-order valence-corrected chi connectivity index (χ4v) is 7.02. The van der Waals surface area contributed by atoms with Crippen LogP contribution in [0.25, 0.3) is 22.3 Å². The SMILES string of the molecule is CC[C@]1(O)C(=O)OCc2c1cc1n(c2=O)Cc2c-1nc1cccc(F)c1c2[Si](C)(C)C. The van der Waals surface area contributed by atoms with Crippen LogP contribution in [0.4, 0.5) is 4.39 Å². The first-order valence-electron chi connectivity index (χ1n) is 10.4. The Kier molecular flexibility index (Phi) is 4.10. The third-order valence-corrected chi connectivity index (χ3v) is 8.46. The van der Waals surface area contributed by atoms with E-state index in [2.05, 4.69) is 19.6 Å². The third-order valence-electron chi connectivity index (χ3n) is 6.41. The van der Waals surface area contributed by atoms with Crippen molar-refractivity contribution in [3.8, 4) is 11.4 Å². The zero-order chi connectivity index (χ0) is 22.3. The zero-order valence-corrected chi connectivity index (χ0v) is 18.9. The van der Waals surface area contributed by atoms with Crippen molar-refractivity contribution in [3.05, 3.63) is 57.1 Å². The molecule has 2 aromatic heterocycles. The van der Waals surface area contributed by atoms with Crippen molar-refractivity contribution in [1.29, 1.82) is 0 Å². The maximum Gasteiger partial charge on any atom is 0.343 e. The molecule has 5 rings (SSSR count). The summed E-state index contributed by atoms with van der Waals surface area (Å²) >= 11 is 0. The lowest BCUT2D eigenvalue weighted by Crippen LogP contribution is -2.44. The summed E-state index contributed by atoms with van der Waals surface area (Å²) in [6, 6.07) is 6.54. The van der Waals surface area contributed by atoms with E-state index >= 15 is 0 Å². The van der Waals surface area contributed by atoms with Crippen molar-refractivity contribution < 1.29 is 19.0 Å². The maximum atomic E-state index is 14.9. The van der Waals surface area contributed by atoms with Crippen molar-refractivity contribution >= 4 is 30.1 Å². The number of hydrogen-bond donors (Lipinski definition) is 1. The molecular formula is C23H23FN2O4Si. The van der Waals surface area contributed by atoms with Gasteiger partial charge in [-0.1, -0.05) is 32.6 Å². The van der Waals surface area contributed by atoms with Crippen molar-refractivity contribution in [2.24, 2.45) is 0 Å². The molecule has 0 radical (unpaired) electrons. The highest BCUT2D eigenvalue weighted by molar-refractivity contribution is 6.90. The average molecular weight is 439 g/mol. The molecule has 0 spiro atoms. The van der Waals surface area contributed by atoms with Crippen molar-refractivity contribution in [3.63, 3.8) is 0 Å². The summed E-state index contributed by atoms with van der Waals surface area (Å²) in [4.78, 5) is 30.4. The monoisotopic (exact) mass is 438 g/mol. The van der Waals surface area contributed by atoms with Gasteiger partial charge in [0.25, 0.3) is 5.56 Å². The number of hydrogen-bond acceptors (Lipinski definition) is 5. The molecule has 3 aromatic rings. The minimum Gasteiger partial charge on any atom is -0.458 e. The third kappa shape index (κ3) is 2.61. The molecule has 0 fully saturated rings. The molecule has 0 bridgehead atoms. The number of aliphatic hydroxyl groups is 1. The minimum absolute atomic E-state index is 0.0884. The first-order chi connectivity index (χ1) is 14.6. The number of carbonyl (C=O) groups is 1. The van der Waals surface area contributed by atoms with Crippen LogP contribution in [-0.4, -0.2) is 28.7 Å². The largest absolute Gasteiger partial charge is 0.458 e. The number of nitrogens with zero attached hydrogens (tertiary/aromatic N) is 2. The van der Waals surface area contributed by atoms with Crippen LogP contribution in [0.15, 0.2) is 29.1 Å². The second-order valence-electron chi connectivity index (χ2n) is 9.30. The van der Waals surface area contributed by atoms with Crippen LogP contribution in [0, 0.1) is 5.82 Å². The molecule has 31 heavy (non-hydrogen) atoms. The first kappa shape index (κ1) is 20.1. The van der Waals surface area contributed by atoms with E-state index in [9.17, 15) is 19.1 Å². The fourth-order valence-electron chi connectivity index (χ4n) is 4.92. The van der Waals surface area contributed by atoms with Crippen LogP contribution in [0.5, 0.6) is 0 Å². The summed E-state index contributed by atoms with van der Waals surface area (Å²) in [7, 11) is -2.04. The van der Waals surface area contributed by atoms with Crippen LogP contribution in [0.1, 0.15) is 30.0 Å². The number of carbonyl (C=O) groups excluding carboxylic acids is 1. The number of cyclic esters (lactones) is 1. The van der Waals surface area contributed by atoms with E-state index in [1.165, 1.54) is 6.07 Å². The van der Waals surface area contributed by atoms with Crippen LogP contribution in [0.2, 0.25) is 19.6 Å². The normalized spacial score (nSPS) is 19.7. The number of aromatic nitrogens is 2. The Morgan fingerprint density at radius 3 is 2.68 bits per heavy atom. The van der Waals surface area contributed by atoms with E-state index < -0.39 is 19.6 Å². The van der Waals surface area contributed by atoms with E-state index in [0.29, 0.717) is 22.3 Å². The zero-order valence-electron chi connectivity index (χ0n) is 17.9. The molecular weight excluding hydrogens is 415 g/mol. The highest BCUT2D eigenvalue weighted by Gasteiger charge is 2.45. The molecule has 1 aromatic carbocycles. The van der Waals surface area contributed by atoms with E-state index in [1.54, 1.807) is 29.7 Å². The fraction of sp³-hybridized carbons (Fsp3) is 0.348. The number of fused-ring (bicyclic) bond motifs is 5. The number of ether oxygens (including phenoxy) is 1. The van der Waals surface area contributed by atoms with Gasteiger partial charge in [0.05, 0.1) is 37.1 Å². The molecule has 160 valence electrons. The van der Waals surface area contributed by atoms with Crippen LogP contribution in [-0.2, 0) is 28.3 Å². The predicted molar refractivity (Wildman–Crippen MR) is 117 cm³/mol. The van der Waals surface area contributed by atoms with E-state index in [1.807, 2.05) is 0 Å². The molecule has 0 unspecified atom stereocenters. The molecule has 4 heterocycles. The van der Waals surface area contributed by atoms with Gasteiger partial charge in [0, 0.05) is 10.9 Å². The van der Waals surface area contributed by atoms with Gasteiger partial charge in [0.2, 0.25) is 0 Å². The second-order valence-corrected chi connectivity index (χ2v) is 14.3. The van der Waals surface area contributed by atoms with Gasteiger partial charge in [-0.15, -0.1) is 0 Å². The Labute approximate surface area is 179 Å². The summed E-state index contributed by atoms with van der Waals surface area (Å²) < 4.78 is 21.6. The summed E-state index contributed by atoms with van der Waals surface area (Å²) in [5, 5.41) is 12.5. The van der Waals surface area contributed by atoms with E-state index in [0.717, 1.165) is 10.8 Å². The standard InChI is InChI=1S/C23H23FN2O4Si/c1-5-23(29)14-9-17-19-12(10-26(17)21(27)13(14)11-30-22(23)28)20(31(2,3)4)18-15(24)7-6-8-16(18)25-19/h6-9,29H,5,10-11H2,1-4H3/t23-/m1/s1. The Balaban J connectivity index is 1.89. The lowest BCUT2D eigenvalue weighted by atomic mass is 9.86. The van der Waals surface area contributed by atoms with Gasteiger partial charge < -0.3 is 14.4 Å². The Bertz CT molecular complexity index is 1360. The lowest BCUT2D eigenvalue weighted by molar-refractivity contribution is -0.172. The Morgan fingerprint density at radius 1 is 1.26 bits per heavy atom. The van der Waals surface area contributed by atoms with Gasteiger partial charge >= 0.3 is 5.97 Å². The number of rotatable bonds is 2. The summed E-state index contributed by atoms with van der Waals surface area (Å²) in [5.41, 5.74) is 0.949. The van der Waals surface area contributed by atoms with E-state index in [-0.39, 0.29) is 42.1 Å². The molecule has 1 atom stereocenters. The average Bonchev–Trinajstić information content (AvgIpc) is 3.07. The summed E-state index contributed by atoms with van der Waals surface area (Å²) in [6.45, 7) is 8.23. The predicted octanol–water partition coefficient (Wildman–Crippen LogP) is 2.76. The van der Waals surface area contributed by atoms with Gasteiger partial charge in [0.1, 0.15) is 12.4 Å². The lowest BCUT2D eigenvalue weighted by Gasteiger charge is -2.31. The van der Waals surface area contributed by atoms with Gasteiger partial charge in [-0.25, -0.2) is 14.2 Å². The van der Waals surface area contributed by atoms with Crippen molar-refractivity contribution in [2.45, 2.75) is 51.7 Å². The summed E-state index contributed by atoms with van der Waals surface area (Å²) in [6.07, 6.45) is 0.0884. The topological polar surface area (TPSA) is 81.4 Å². The maximum absolute atomic E-state index is 14.9. The quantitative estimate of drug-likeness (QED) is 0.385. The molecule has 2 aliphatic rings.